The summed E-state index contributed by atoms with van der Waals surface area (Å²) in [5.74, 6) is -0.802. The summed E-state index contributed by atoms with van der Waals surface area (Å²) in [5, 5.41) is 2.26. The normalized spacial score (nSPS) is 18.3. The highest BCUT2D eigenvalue weighted by molar-refractivity contribution is 5.90. The van der Waals surface area contributed by atoms with Gasteiger partial charge in [0.05, 0.1) is 0 Å². The van der Waals surface area contributed by atoms with Crippen molar-refractivity contribution < 1.29 is 27.8 Å². The summed E-state index contributed by atoms with van der Waals surface area (Å²) in [7, 11) is 0. The van der Waals surface area contributed by atoms with Crippen molar-refractivity contribution in [2.24, 2.45) is 0 Å². The second kappa shape index (κ2) is 7.94. The van der Waals surface area contributed by atoms with Crippen molar-refractivity contribution in [1.29, 1.82) is 0 Å². The van der Waals surface area contributed by atoms with E-state index in [1.807, 2.05) is 6.07 Å². The molecule has 0 aliphatic carbocycles. The van der Waals surface area contributed by atoms with Gasteiger partial charge in [0.15, 0.2) is 11.5 Å². The quantitative estimate of drug-likeness (QED) is 0.837. The zero-order valence-corrected chi connectivity index (χ0v) is 15.4. The smallest absolute Gasteiger partial charge is 0.322 e. The fraction of sp³-hybridized carbons (Fsp3) is 0.300. The van der Waals surface area contributed by atoms with E-state index in [1.165, 1.54) is 11.0 Å². The van der Waals surface area contributed by atoms with Crippen molar-refractivity contribution in [3.8, 4) is 11.5 Å². The van der Waals surface area contributed by atoms with Crippen LogP contribution in [0.1, 0.15) is 0 Å². The standard InChI is InChI=1S/C20H19F2N3O4/c21-13-4-3-5-14(22)18(13)23-20(27)25-10-8-24(9-11-25)19(26)17-12-28-15-6-1-2-7-16(15)29-17/h1-7,17H,8-12H2,(H,23,27). The third-order valence-corrected chi connectivity index (χ3v) is 4.86. The number of urea groups is 1. The van der Waals surface area contributed by atoms with Gasteiger partial charge in [-0.1, -0.05) is 18.2 Å². The van der Waals surface area contributed by atoms with Crippen LogP contribution in [0.4, 0.5) is 19.3 Å². The second-order valence-electron chi connectivity index (χ2n) is 6.70. The number of carbonyl (C=O) groups excluding carboxylic acids is 2. The molecule has 1 unspecified atom stereocenters. The van der Waals surface area contributed by atoms with Crippen molar-refractivity contribution in [2.45, 2.75) is 6.10 Å². The molecule has 152 valence electrons. The maximum absolute atomic E-state index is 13.7. The number of ether oxygens (including phenoxy) is 2. The Morgan fingerprint density at radius 2 is 1.52 bits per heavy atom. The van der Waals surface area contributed by atoms with E-state index in [0.717, 1.165) is 12.1 Å². The van der Waals surface area contributed by atoms with Gasteiger partial charge in [0.25, 0.3) is 5.91 Å². The molecule has 7 nitrogen and oxygen atoms in total. The van der Waals surface area contributed by atoms with Crippen LogP contribution in [-0.4, -0.2) is 60.6 Å². The first kappa shape index (κ1) is 19.0. The molecule has 29 heavy (non-hydrogen) atoms. The van der Waals surface area contributed by atoms with Gasteiger partial charge in [-0.3, -0.25) is 4.79 Å². The second-order valence-corrected chi connectivity index (χ2v) is 6.70. The van der Waals surface area contributed by atoms with Gasteiger partial charge >= 0.3 is 6.03 Å². The number of fused-ring (bicyclic) bond motifs is 1. The lowest BCUT2D eigenvalue weighted by atomic mass is 10.2. The molecule has 0 spiro atoms. The molecule has 0 radical (unpaired) electrons. The lowest BCUT2D eigenvalue weighted by molar-refractivity contribution is -0.142. The minimum atomic E-state index is -0.845. The fourth-order valence-corrected chi connectivity index (χ4v) is 3.28. The number of rotatable bonds is 2. The molecule has 2 aliphatic rings. The summed E-state index contributed by atoms with van der Waals surface area (Å²) in [6, 6.07) is 9.86. The molecular formula is C20H19F2N3O4. The molecule has 0 bridgehead atoms. The first-order chi connectivity index (χ1) is 14.0. The molecule has 2 aromatic rings. The molecule has 1 fully saturated rings. The van der Waals surface area contributed by atoms with Crippen molar-refractivity contribution >= 4 is 17.6 Å². The van der Waals surface area contributed by atoms with Gasteiger partial charge in [0.1, 0.15) is 23.9 Å². The van der Waals surface area contributed by atoms with Crippen LogP contribution in [0.2, 0.25) is 0 Å². The summed E-state index contributed by atoms with van der Waals surface area (Å²) in [5.41, 5.74) is -0.484. The monoisotopic (exact) mass is 403 g/mol. The predicted octanol–water partition coefficient (Wildman–Crippen LogP) is 2.48. The molecule has 0 saturated carbocycles. The van der Waals surface area contributed by atoms with Crippen LogP contribution in [-0.2, 0) is 4.79 Å². The van der Waals surface area contributed by atoms with E-state index < -0.39 is 29.5 Å². The Kier molecular flexibility index (Phi) is 5.20. The number of hydrogen-bond donors (Lipinski definition) is 1. The molecule has 0 aromatic heterocycles. The third-order valence-electron chi connectivity index (χ3n) is 4.86. The molecule has 1 saturated heterocycles. The summed E-state index contributed by atoms with van der Waals surface area (Å²) >= 11 is 0. The molecule has 2 aliphatic heterocycles. The van der Waals surface area contributed by atoms with E-state index in [1.54, 1.807) is 23.1 Å². The number of halogens is 2. The number of carbonyl (C=O) groups is 2. The lowest BCUT2D eigenvalue weighted by Gasteiger charge is -2.37. The van der Waals surface area contributed by atoms with Crippen LogP contribution >= 0.6 is 0 Å². The van der Waals surface area contributed by atoms with Crippen LogP contribution in [0.3, 0.4) is 0 Å². The number of para-hydroxylation sites is 3. The average molecular weight is 403 g/mol. The maximum Gasteiger partial charge on any atom is 0.322 e. The highest BCUT2D eigenvalue weighted by Crippen LogP contribution is 2.31. The van der Waals surface area contributed by atoms with E-state index in [2.05, 4.69) is 5.32 Å². The van der Waals surface area contributed by atoms with E-state index >= 15 is 0 Å². The molecule has 3 amide bonds. The number of nitrogens with zero attached hydrogens (tertiary/aromatic N) is 2. The van der Waals surface area contributed by atoms with Crippen molar-refractivity contribution in [3.05, 3.63) is 54.1 Å². The highest BCUT2D eigenvalue weighted by Gasteiger charge is 2.33. The number of anilines is 1. The summed E-state index contributed by atoms with van der Waals surface area (Å²) in [6.45, 7) is 1.15. The molecule has 1 atom stereocenters. The van der Waals surface area contributed by atoms with Crippen LogP contribution in [0.5, 0.6) is 11.5 Å². The summed E-state index contributed by atoms with van der Waals surface area (Å²) < 4.78 is 38.7. The Morgan fingerprint density at radius 3 is 2.21 bits per heavy atom. The summed E-state index contributed by atoms with van der Waals surface area (Å²) in [6.07, 6.45) is -0.752. The molecule has 4 rings (SSSR count). The van der Waals surface area contributed by atoms with E-state index in [9.17, 15) is 18.4 Å². The van der Waals surface area contributed by atoms with Crippen LogP contribution in [0, 0.1) is 11.6 Å². The number of nitrogens with one attached hydrogen (secondary N) is 1. The maximum atomic E-state index is 13.7. The first-order valence-electron chi connectivity index (χ1n) is 9.20. The zero-order chi connectivity index (χ0) is 20.4. The summed E-state index contributed by atoms with van der Waals surface area (Å²) in [4.78, 5) is 28.0. The third kappa shape index (κ3) is 3.94. The Morgan fingerprint density at radius 1 is 0.897 bits per heavy atom. The van der Waals surface area contributed by atoms with Gasteiger partial charge in [-0.25, -0.2) is 13.6 Å². The predicted molar refractivity (Wildman–Crippen MR) is 99.9 cm³/mol. The number of piperazine rings is 1. The van der Waals surface area contributed by atoms with E-state index in [4.69, 9.17) is 9.47 Å². The number of hydrogen-bond acceptors (Lipinski definition) is 4. The average Bonchev–Trinajstić information content (AvgIpc) is 2.75. The molecular weight excluding hydrogens is 384 g/mol. The largest absolute Gasteiger partial charge is 0.485 e. The Balaban J connectivity index is 1.32. The SMILES string of the molecule is O=C(Nc1c(F)cccc1F)N1CCN(C(=O)C2COc3ccccc3O2)CC1. The topological polar surface area (TPSA) is 71.1 Å². The number of amides is 3. The highest BCUT2D eigenvalue weighted by atomic mass is 19.1. The van der Waals surface area contributed by atoms with Crippen molar-refractivity contribution in [1.82, 2.24) is 9.80 Å². The molecule has 2 heterocycles. The van der Waals surface area contributed by atoms with E-state index in [0.29, 0.717) is 11.5 Å². The molecule has 9 heteroatoms. The van der Waals surface area contributed by atoms with Gasteiger partial charge < -0.3 is 24.6 Å². The van der Waals surface area contributed by atoms with Gasteiger partial charge in [-0.05, 0) is 24.3 Å². The van der Waals surface area contributed by atoms with Crippen LogP contribution < -0.4 is 14.8 Å². The zero-order valence-electron chi connectivity index (χ0n) is 15.4. The minimum Gasteiger partial charge on any atom is -0.485 e. The Hall–Kier alpha value is -3.36. The van der Waals surface area contributed by atoms with E-state index in [-0.39, 0.29) is 38.7 Å². The molecule has 1 N–H and O–H groups in total. The van der Waals surface area contributed by atoms with Gasteiger partial charge in [-0.15, -0.1) is 0 Å². The Bertz CT molecular complexity index is 911. The van der Waals surface area contributed by atoms with Gasteiger partial charge in [0.2, 0.25) is 6.10 Å². The number of benzene rings is 2. The molecule has 2 aromatic carbocycles. The van der Waals surface area contributed by atoms with Crippen LogP contribution in [0.15, 0.2) is 42.5 Å². The van der Waals surface area contributed by atoms with Crippen molar-refractivity contribution in [2.75, 3.05) is 38.1 Å². The lowest BCUT2D eigenvalue weighted by Crippen LogP contribution is -2.55. The van der Waals surface area contributed by atoms with Gasteiger partial charge in [-0.2, -0.15) is 0 Å². The Labute approximate surface area is 165 Å². The van der Waals surface area contributed by atoms with Crippen molar-refractivity contribution in [3.63, 3.8) is 0 Å². The van der Waals surface area contributed by atoms with Crippen LogP contribution in [0.25, 0.3) is 0 Å². The first-order valence-corrected chi connectivity index (χ1v) is 9.20. The fourth-order valence-electron chi connectivity index (χ4n) is 3.28. The minimum absolute atomic E-state index is 0.114. The van der Waals surface area contributed by atoms with Gasteiger partial charge in [0, 0.05) is 26.2 Å².